The van der Waals surface area contributed by atoms with Gasteiger partial charge < -0.3 is 15.4 Å². The van der Waals surface area contributed by atoms with E-state index in [1.807, 2.05) is 6.92 Å². The van der Waals surface area contributed by atoms with Gasteiger partial charge in [-0.05, 0) is 44.0 Å². The Kier molecular flexibility index (Phi) is 5.07. The van der Waals surface area contributed by atoms with Crippen LogP contribution in [0, 0.1) is 6.92 Å². The standard InChI is InChI=1S/C15H19ClN2O3/c1-9-7-11(16)3-5-13(9)21-10(2)15(20)18-12-4-6-14(19)17-8-12/h3,5,7,10,12H,4,6,8H2,1-2H3,(H,17,19)(H,18,20)/t10-,12+/m1/s1. The summed E-state index contributed by atoms with van der Waals surface area (Å²) in [5.74, 6) is 0.478. The molecule has 2 rings (SSSR count). The summed E-state index contributed by atoms with van der Waals surface area (Å²) >= 11 is 5.89. The molecule has 21 heavy (non-hydrogen) atoms. The summed E-state index contributed by atoms with van der Waals surface area (Å²) in [5.41, 5.74) is 0.882. The minimum absolute atomic E-state index is 0.0292. The zero-order chi connectivity index (χ0) is 15.4. The van der Waals surface area contributed by atoms with Crippen LogP contribution in [0.1, 0.15) is 25.3 Å². The first-order chi connectivity index (χ1) is 9.95. The molecule has 0 aliphatic carbocycles. The number of benzene rings is 1. The van der Waals surface area contributed by atoms with Crippen molar-refractivity contribution < 1.29 is 14.3 Å². The predicted octanol–water partition coefficient (Wildman–Crippen LogP) is 1.81. The molecule has 1 aromatic carbocycles. The molecule has 1 aromatic rings. The first-order valence-electron chi connectivity index (χ1n) is 6.95. The molecule has 0 aromatic heterocycles. The molecule has 0 bridgehead atoms. The molecule has 2 N–H and O–H groups in total. The van der Waals surface area contributed by atoms with Gasteiger partial charge in [0.25, 0.3) is 5.91 Å². The van der Waals surface area contributed by atoms with Gasteiger partial charge in [0.05, 0.1) is 0 Å². The SMILES string of the molecule is Cc1cc(Cl)ccc1O[C@H](C)C(=O)N[C@H]1CCC(=O)NC1. The molecule has 0 saturated carbocycles. The number of carbonyl (C=O) groups excluding carboxylic acids is 2. The van der Waals surface area contributed by atoms with Crippen LogP contribution in [0.3, 0.4) is 0 Å². The van der Waals surface area contributed by atoms with Crippen LogP contribution >= 0.6 is 11.6 Å². The van der Waals surface area contributed by atoms with Gasteiger partial charge >= 0.3 is 0 Å². The highest BCUT2D eigenvalue weighted by Crippen LogP contribution is 2.22. The van der Waals surface area contributed by atoms with Crippen LogP contribution in [-0.4, -0.2) is 30.5 Å². The van der Waals surface area contributed by atoms with E-state index in [0.717, 1.165) is 5.56 Å². The summed E-state index contributed by atoms with van der Waals surface area (Å²) < 4.78 is 5.67. The van der Waals surface area contributed by atoms with Crippen molar-refractivity contribution in [3.63, 3.8) is 0 Å². The second-order valence-corrected chi connectivity index (χ2v) is 5.65. The van der Waals surface area contributed by atoms with Gasteiger partial charge in [-0.15, -0.1) is 0 Å². The van der Waals surface area contributed by atoms with Crippen molar-refractivity contribution in [2.45, 2.75) is 38.8 Å². The maximum atomic E-state index is 12.1. The molecule has 2 atom stereocenters. The third-order valence-corrected chi connectivity index (χ3v) is 3.66. The van der Waals surface area contributed by atoms with Crippen molar-refractivity contribution in [3.8, 4) is 5.75 Å². The van der Waals surface area contributed by atoms with Crippen LogP contribution in [-0.2, 0) is 9.59 Å². The average molecular weight is 311 g/mol. The lowest BCUT2D eigenvalue weighted by Gasteiger charge is -2.25. The fourth-order valence-electron chi connectivity index (χ4n) is 2.16. The fourth-order valence-corrected chi connectivity index (χ4v) is 2.39. The maximum absolute atomic E-state index is 12.1. The Morgan fingerprint density at radius 1 is 1.52 bits per heavy atom. The summed E-state index contributed by atoms with van der Waals surface area (Å²) in [5, 5.41) is 6.25. The van der Waals surface area contributed by atoms with Crippen molar-refractivity contribution in [1.29, 1.82) is 0 Å². The van der Waals surface area contributed by atoms with Crippen molar-refractivity contribution in [3.05, 3.63) is 28.8 Å². The number of hydrogen-bond donors (Lipinski definition) is 2. The van der Waals surface area contributed by atoms with Crippen LogP contribution in [0.15, 0.2) is 18.2 Å². The molecule has 0 radical (unpaired) electrons. The van der Waals surface area contributed by atoms with Gasteiger partial charge in [-0.25, -0.2) is 0 Å². The topological polar surface area (TPSA) is 67.4 Å². The lowest BCUT2D eigenvalue weighted by atomic mass is 10.1. The second kappa shape index (κ2) is 6.80. The molecular formula is C15H19ClN2O3. The molecule has 1 saturated heterocycles. The van der Waals surface area contributed by atoms with Crippen molar-refractivity contribution in [1.82, 2.24) is 10.6 Å². The van der Waals surface area contributed by atoms with Crippen LogP contribution in [0.4, 0.5) is 0 Å². The normalized spacial score (nSPS) is 19.6. The second-order valence-electron chi connectivity index (χ2n) is 5.22. The molecule has 0 unspecified atom stereocenters. The lowest BCUT2D eigenvalue weighted by molar-refractivity contribution is -0.129. The molecule has 114 valence electrons. The maximum Gasteiger partial charge on any atom is 0.261 e. The molecule has 6 heteroatoms. The molecule has 5 nitrogen and oxygen atoms in total. The number of rotatable bonds is 4. The monoisotopic (exact) mass is 310 g/mol. The Bertz CT molecular complexity index is 538. The Morgan fingerprint density at radius 3 is 2.90 bits per heavy atom. The van der Waals surface area contributed by atoms with Crippen molar-refractivity contribution >= 4 is 23.4 Å². The Labute approximate surface area is 129 Å². The van der Waals surface area contributed by atoms with Gasteiger partial charge in [0.2, 0.25) is 5.91 Å². The summed E-state index contributed by atoms with van der Waals surface area (Å²) in [7, 11) is 0. The van der Waals surface area contributed by atoms with Crippen LogP contribution in [0.5, 0.6) is 5.75 Å². The van der Waals surface area contributed by atoms with Crippen LogP contribution in [0.2, 0.25) is 5.02 Å². The summed E-state index contributed by atoms with van der Waals surface area (Å²) in [6, 6.07) is 5.23. The van der Waals surface area contributed by atoms with Gasteiger partial charge in [-0.2, -0.15) is 0 Å². The number of amides is 2. The number of piperidine rings is 1. The number of halogens is 1. The lowest BCUT2D eigenvalue weighted by Crippen LogP contribution is -2.50. The number of hydrogen-bond acceptors (Lipinski definition) is 3. The highest BCUT2D eigenvalue weighted by molar-refractivity contribution is 6.30. The van der Waals surface area contributed by atoms with E-state index in [4.69, 9.17) is 16.3 Å². The molecule has 2 amide bonds. The van der Waals surface area contributed by atoms with E-state index in [1.165, 1.54) is 0 Å². The average Bonchev–Trinajstić information content (AvgIpc) is 2.44. The van der Waals surface area contributed by atoms with Crippen LogP contribution in [0.25, 0.3) is 0 Å². The number of nitrogens with one attached hydrogen (secondary N) is 2. The van der Waals surface area contributed by atoms with Gasteiger partial charge in [0.1, 0.15) is 5.75 Å². The van der Waals surface area contributed by atoms with E-state index >= 15 is 0 Å². The zero-order valence-corrected chi connectivity index (χ0v) is 12.9. The first kappa shape index (κ1) is 15.6. The van der Waals surface area contributed by atoms with Gasteiger partial charge in [-0.3, -0.25) is 9.59 Å². The molecule has 1 aliphatic heterocycles. The van der Waals surface area contributed by atoms with Crippen molar-refractivity contribution in [2.24, 2.45) is 0 Å². The quantitative estimate of drug-likeness (QED) is 0.891. The fraction of sp³-hybridized carbons (Fsp3) is 0.467. The smallest absolute Gasteiger partial charge is 0.261 e. The summed E-state index contributed by atoms with van der Waals surface area (Å²) in [6.07, 6.45) is 0.489. The van der Waals surface area contributed by atoms with E-state index in [0.29, 0.717) is 30.2 Å². The molecule has 1 heterocycles. The van der Waals surface area contributed by atoms with Gasteiger partial charge in [-0.1, -0.05) is 11.6 Å². The first-order valence-corrected chi connectivity index (χ1v) is 7.33. The Balaban J connectivity index is 1.89. The van der Waals surface area contributed by atoms with E-state index in [1.54, 1.807) is 25.1 Å². The zero-order valence-electron chi connectivity index (χ0n) is 12.1. The highest BCUT2D eigenvalue weighted by Gasteiger charge is 2.23. The van der Waals surface area contributed by atoms with Gasteiger partial charge in [0.15, 0.2) is 6.10 Å². The predicted molar refractivity (Wildman–Crippen MR) is 80.5 cm³/mol. The van der Waals surface area contributed by atoms with E-state index in [2.05, 4.69) is 10.6 Å². The largest absolute Gasteiger partial charge is 0.481 e. The summed E-state index contributed by atoms with van der Waals surface area (Å²) in [4.78, 5) is 23.2. The Morgan fingerprint density at radius 2 is 2.29 bits per heavy atom. The third-order valence-electron chi connectivity index (χ3n) is 3.42. The van der Waals surface area contributed by atoms with Gasteiger partial charge in [0, 0.05) is 24.0 Å². The number of ether oxygens (including phenoxy) is 1. The molecule has 1 aliphatic rings. The van der Waals surface area contributed by atoms with E-state index in [9.17, 15) is 9.59 Å². The number of carbonyl (C=O) groups is 2. The molecular weight excluding hydrogens is 292 g/mol. The van der Waals surface area contributed by atoms with Crippen LogP contribution < -0.4 is 15.4 Å². The molecule has 0 spiro atoms. The number of aryl methyl sites for hydroxylation is 1. The Hall–Kier alpha value is -1.75. The van der Waals surface area contributed by atoms with Crippen molar-refractivity contribution in [2.75, 3.05) is 6.54 Å². The highest BCUT2D eigenvalue weighted by atomic mass is 35.5. The summed E-state index contributed by atoms with van der Waals surface area (Å²) in [6.45, 7) is 4.05. The minimum atomic E-state index is -0.609. The minimum Gasteiger partial charge on any atom is -0.481 e. The van der Waals surface area contributed by atoms with E-state index in [-0.39, 0.29) is 17.9 Å². The van der Waals surface area contributed by atoms with E-state index < -0.39 is 6.10 Å². The molecule has 1 fully saturated rings. The third kappa shape index (κ3) is 4.36.